The first-order valence-corrected chi connectivity index (χ1v) is 5.91. The van der Waals surface area contributed by atoms with Crippen LogP contribution in [-0.2, 0) is 6.42 Å². The minimum atomic E-state index is -2.42. The maximum atomic E-state index is 12.0. The SMILES string of the molecule is CNC1CCCc2cc(OCC(F)F)ccc21. The van der Waals surface area contributed by atoms with Crippen LogP contribution in [0.25, 0.3) is 0 Å². The van der Waals surface area contributed by atoms with Gasteiger partial charge in [0.15, 0.2) is 0 Å². The van der Waals surface area contributed by atoms with Crippen molar-refractivity contribution in [2.75, 3.05) is 13.7 Å². The van der Waals surface area contributed by atoms with E-state index in [4.69, 9.17) is 4.74 Å². The van der Waals surface area contributed by atoms with Crippen molar-refractivity contribution in [1.82, 2.24) is 5.32 Å². The van der Waals surface area contributed by atoms with Crippen molar-refractivity contribution in [3.8, 4) is 5.75 Å². The summed E-state index contributed by atoms with van der Waals surface area (Å²) in [6.07, 6.45) is 0.827. The highest BCUT2D eigenvalue weighted by Gasteiger charge is 2.19. The molecule has 0 radical (unpaired) electrons. The molecule has 0 saturated heterocycles. The minimum absolute atomic E-state index is 0.378. The van der Waals surface area contributed by atoms with Crippen molar-refractivity contribution in [1.29, 1.82) is 0 Å². The molecule has 2 rings (SSSR count). The summed E-state index contributed by atoms with van der Waals surface area (Å²) in [5.41, 5.74) is 2.48. The zero-order chi connectivity index (χ0) is 12.3. The van der Waals surface area contributed by atoms with Crippen LogP contribution in [0.3, 0.4) is 0 Å². The van der Waals surface area contributed by atoms with Gasteiger partial charge in [0.1, 0.15) is 12.4 Å². The summed E-state index contributed by atoms with van der Waals surface area (Å²) >= 11 is 0. The Labute approximate surface area is 100.0 Å². The van der Waals surface area contributed by atoms with Gasteiger partial charge < -0.3 is 10.1 Å². The van der Waals surface area contributed by atoms with Gasteiger partial charge in [-0.3, -0.25) is 0 Å². The number of halogens is 2. The lowest BCUT2D eigenvalue weighted by atomic mass is 9.87. The van der Waals surface area contributed by atoms with Gasteiger partial charge in [0, 0.05) is 6.04 Å². The van der Waals surface area contributed by atoms with Gasteiger partial charge in [0.2, 0.25) is 0 Å². The van der Waals surface area contributed by atoms with Crippen LogP contribution >= 0.6 is 0 Å². The van der Waals surface area contributed by atoms with E-state index >= 15 is 0 Å². The van der Waals surface area contributed by atoms with Crippen molar-refractivity contribution in [2.24, 2.45) is 0 Å². The molecular weight excluding hydrogens is 224 g/mol. The normalized spacial score (nSPS) is 19.2. The van der Waals surface area contributed by atoms with E-state index in [0.717, 1.165) is 19.3 Å². The molecule has 0 amide bonds. The lowest BCUT2D eigenvalue weighted by Crippen LogP contribution is -2.21. The molecule has 94 valence electrons. The molecule has 1 aromatic rings. The van der Waals surface area contributed by atoms with Crippen LogP contribution in [-0.4, -0.2) is 20.1 Å². The Morgan fingerprint density at radius 1 is 1.47 bits per heavy atom. The van der Waals surface area contributed by atoms with Crippen LogP contribution in [0.15, 0.2) is 18.2 Å². The summed E-state index contributed by atoms with van der Waals surface area (Å²) < 4.78 is 29.1. The zero-order valence-corrected chi connectivity index (χ0v) is 9.88. The number of aryl methyl sites for hydroxylation is 1. The van der Waals surface area contributed by atoms with E-state index in [9.17, 15) is 8.78 Å². The first kappa shape index (κ1) is 12.3. The third-order valence-corrected chi connectivity index (χ3v) is 3.15. The number of hydrogen-bond acceptors (Lipinski definition) is 2. The fourth-order valence-electron chi connectivity index (χ4n) is 2.34. The van der Waals surface area contributed by atoms with E-state index < -0.39 is 13.0 Å². The van der Waals surface area contributed by atoms with Gasteiger partial charge in [-0.25, -0.2) is 8.78 Å². The predicted octanol–water partition coefficient (Wildman–Crippen LogP) is 2.93. The van der Waals surface area contributed by atoms with Gasteiger partial charge in [-0.2, -0.15) is 0 Å². The molecule has 2 nitrogen and oxygen atoms in total. The Bertz CT molecular complexity index is 382. The first-order valence-electron chi connectivity index (χ1n) is 5.91. The average molecular weight is 241 g/mol. The van der Waals surface area contributed by atoms with E-state index in [-0.39, 0.29) is 0 Å². The van der Waals surface area contributed by atoms with Crippen LogP contribution in [0.2, 0.25) is 0 Å². The maximum Gasteiger partial charge on any atom is 0.272 e. The van der Waals surface area contributed by atoms with Crippen molar-refractivity contribution in [2.45, 2.75) is 31.7 Å². The Balaban J connectivity index is 2.13. The molecule has 1 aromatic carbocycles. The monoisotopic (exact) mass is 241 g/mol. The maximum absolute atomic E-state index is 12.0. The smallest absolute Gasteiger partial charge is 0.272 e. The third kappa shape index (κ3) is 2.94. The van der Waals surface area contributed by atoms with Gasteiger partial charge in [-0.1, -0.05) is 6.07 Å². The first-order chi connectivity index (χ1) is 8.20. The molecule has 1 atom stereocenters. The molecule has 0 saturated carbocycles. The van der Waals surface area contributed by atoms with E-state index in [2.05, 4.69) is 5.32 Å². The summed E-state index contributed by atoms with van der Waals surface area (Å²) in [5, 5.41) is 3.27. The Hall–Kier alpha value is -1.16. The van der Waals surface area contributed by atoms with Crippen molar-refractivity contribution < 1.29 is 13.5 Å². The Morgan fingerprint density at radius 2 is 2.29 bits per heavy atom. The summed E-state index contributed by atoms with van der Waals surface area (Å²) in [6, 6.07) is 6.03. The van der Waals surface area contributed by atoms with E-state index in [1.165, 1.54) is 11.1 Å². The summed E-state index contributed by atoms with van der Waals surface area (Å²) in [6.45, 7) is -0.533. The number of rotatable bonds is 4. The van der Waals surface area contributed by atoms with Crippen LogP contribution in [0.4, 0.5) is 8.78 Å². The topological polar surface area (TPSA) is 21.3 Å². The van der Waals surface area contributed by atoms with Gasteiger partial charge >= 0.3 is 0 Å². The zero-order valence-electron chi connectivity index (χ0n) is 9.88. The number of hydrogen-bond donors (Lipinski definition) is 1. The molecule has 1 N–H and O–H groups in total. The lowest BCUT2D eigenvalue weighted by Gasteiger charge is -2.25. The largest absolute Gasteiger partial charge is 0.488 e. The second-order valence-corrected chi connectivity index (χ2v) is 4.30. The molecule has 0 bridgehead atoms. The molecule has 1 aliphatic carbocycles. The molecule has 0 aliphatic heterocycles. The summed E-state index contributed by atoms with van der Waals surface area (Å²) in [7, 11) is 1.95. The van der Waals surface area contributed by atoms with E-state index in [1.54, 1.807) is 6.07 Å². The minimum Gasteiger partial charge on any atom is -0.488 e. The fraction of sp³-hybridized carbons (Fsp3) is 0.538. The fourth-order valence-corrected chi connectivity index (χ4v) is 2.34. The van der Waals surface area contributed by atoms with Gasteiger partial charge in [0.05, 0.1) is 0 Å². The summed E-state index contributed by atoms with van der Waals surface area (Å²) in [4.78, 5) is 0. The number of nitrogens with one attached hydrogen (secondary N) is 1. The molecule has 0 fully saturated rings. The van der Waals surface area contributed by atoms with Crippen molar-refractivity contribution in [3.05, 3.63) is 29.3 Å². The molecule has 17 heavy (non-hydrogen) atoms. The molecule has 4 heteroatoms. The van der Waals surface area contributed by atoms with E-state index in [0.29, 0.717) is 11.8 Å². The van der Waals surface area contributed by atoms with Crippen molar-refractivity contribution in [3.63, 3.8) is 0 Å². The van der Waals surface area contributed by atoms with Crippen molar-refractivity contribution >= 4 is 0 Å². The second-order valence-electron chi connectivity index (χ2n) is 4.30. The molecule has 0 spiro atoms. The highest BCUT2D eigenvalue weighted by atomic mass is 19.3. The molecule has 0 heterocycles. The predicted molar refractivity (Wildman–Crippen MR) is 62.7 cm³/mol. The second kappa shape index (κ2) is 5.45. The third-order valence-electron chi connectivity index (χ3n) is 3.15. The molecular formula is C13H17F2NO. The van der Waals surface area contributed by atoms with Crippen LogP contribution in [0.1, 0.15) is 30.0 Å². The van der Waals surface area contributed by atoms with Crippen LogP contribution < -0.4 is 10.1 Å². The number of fused-ring (bicyclic) bond motifs is 1. The molecule has 0 aromatic heterocycles. The number of benzene rings is 1. The highest BCUT2D eigenvalue weighted by molar-refractivity contribution is 5.39. The van der Waals surface area contributed by atoms with Gasteiger partial charge in [0.25, 0.3) is 6.43 Å². The molecule has 1 unspecified atom stereocenters. The highest BCUT2D eigenvalue weighted by Crippen LogP contribution is 2.31. The standard InChI is InChI=1S/C13H17F2NO/c1-16-12-4-2-3-9-7-10(5-6-11(9)12)17-8-13(14)15/h5-7,12-13,16H,2-4,8H2,1H3. The van der Waals surface area contributed by atoms with Gasteiger partial charge in [-0.15, -0.1) is 0 Å². The Morgan fingerprint density at radius 3 is 3.00 bits per heavy atom. The van der Waals surface area contributed by atoms with Gasteiger partial charge in [-0.05, 0) is 49.6 Å². The summed E-state index contributed by atoms with van der Waals surface area (Å²) in [5.74, 6) is 0.542. The number of alkyl halides is 2. The average Bonchev–Trinajstić information content (AvgIpc) is 2.35. The quantitative estimate of drug-likeness (QED) is 0.875. The van der Waals surface area contributed by atoms with Crippen LogP contribution in [0, 0.1) is 0 Å². The molecule has 1 aliphatic rings. The van der Waals surface area contributed by atoms with E-state index in [1.807, 2.05) is 19.2 Å². The Kier molecular flexibility index (Phi) is 3.94. The lowest BCUT2D eigenvalue weighted by molar-refractivity contribution is 0.0818. The number of ether oxygens (including phenoxy) is 1. The van der Waals surface area contributed by atoms with Crippen LogP contribution in [0.5, 0.6) is 5.75 Å².